The number of likely N-dealkylation sites (tertiary alicyclic amines) is 1. The van der Waals surface area contributed by atoms with Crippen LogP contribution in [0.25, 0.3) is 0 Å². The molecule has 1 fully saturated rings. The van der Waals surface area contributed by atoms with Crippen LogP contribution in [0, 0.1) is 10.1 Å². The molecule has 0 saturated carbocycles. The summed E-state index contributed by atoms with van der Waals surface area (Å²) in [5.74, 6) is -0.295. The van der Waals surface area contributed by atoms with Gasteiger partial charge in [0.1, 0.15) is 0 Å². The number of aliphatic hydroxyl groups is 1. The molecule has 0 aliphatic carbocycles. The summed E-state index contributed by atoms with van der Waals surface area (Å²) in [6, 6.07) is 4.15. The normalized spacial score (nSPS) is 18.7. The topological polar surface area (TPSA) is 95.7 Å². The van der Waals surface area contributed by atoms with E-state index in [2.05, 4.69) is 5.32 Å². The zero-order chi connectivity index (χ0) is 14.7. The molecule has 2 N–H and O–H groups in total. The van der Waals surface area contributed by atoms with Gasteiger partial charge in [-0.25, -0.2) is 0 Å². The van der Waals surface area contributed by atoms with Crippen LogP contribution in [-0.4, -0.2) is 47.1 Å². The molecule has 1 aromatic rings. The van der Waals surface area contributed by atoms with Crippen molar-refractivity contribution in [3.63, 3.8) is 0 Å². The number of rotatable bonds is 3. The van der Waals surface area contributed by atoms with Crippen LogP contribution in [0.15, 0.2) is 18.2 Å². The molecule has 0 bridgehead atoms. The molecular weight excluding hydrogens is 262 g/mol. The molecule has 1 aliphatic rings. The van der Waals surface area contributed by atoms with Crippen LogP contribution in [0.3, 0.4) is 0 Å². The molecule has 2 rings (SSSR count). The molecule has 1 aliphatic heterocycles. The lowest BCUT2D eigenvalue weighted by atomic mass is 10.1. The van der Waals surface area contributed by atoms with Crippen LogP contribution in [0.2, 0.25) is 0 Å². The van der Waals surface area contributed by atoms with E-state index in [9.17, 15) is 20.0 Å². The van der Waals surface area contributed by atoms with Crippen molar-refractivity contribution in [1.29, 1.82) is 0 Å². The predicted octanol–water partition coefficient (Wildman–Crippen LogP) is 1.23. The zero-order valence-corrected chi connectivity index (χ0v) is 11.2. The number of anilines is 1. The highest BCUT2D eigenvalue weighted by Gasteiger charge is 2.25. The quantitative estimate of drug-likeness (QED) is 0.641. The fourth-order valence-corrected chi connectivity index (χ4v) is 2.35. The second-order valence-electron chi connectivity index (χ2n) is 4.78. The summed E-state index contributed by atoms with van der Waals surface area (Å²) in [6.07, 6.45) is 0.887. The number of carbonyl (C=O) groups excluding carboxylic acids is 1. The van der Waals surface area contributed by atoms with Crippen molar-refractivity contribution in [3.8, 4) is 0 Å². The third-order valence-corrected chi connectivity index (χ3v) is 3.40. The molecule has 1 atom stereocenters. The van der Waals surface area contributed by atoms with Gasteiger partial charge < -0.3 is 15.3 Å². The van der Waals surface area contributed by atoms with Gasteiger partial charge in [-0.2, -0.15) is 0 Å². The van der Waals surface area contributed by atoms with Crippen molar-refractivity contribution in [1.82, 2.24) is 4.90 Å². The van der Waals surface area contributed by atoms with Crippen LogP contribution in [-0.2, 0) is 0 Å². The Kier molecular flexibility index (Phi) is 4.19. The molecule has 1 aromatic carbocycles. The van der Waals surface area contributed by atoms with Crippen LogP contribution in [0.4, 0.5) is 11.4 Å². The van der Waals surface area contributed by atoms with Crippen LogP contribution in [0.1, 0.15) is 23.2 Å². The summed E-state index contributed by atoms with van der Waals surface area (Å²) in [4.78, 5) is 24.3. The maximum atomic E-state index is 12.5. The molecule has 0 aromatic heterocycles. The Balaban J connectivity index is 2.31. The molecule has 7 nitrogen and oxygen atoms in total. The first kappa shape index (κ1) is 14.3. The van der Waals surface area contributed by atoms with E-state index >= 15 is 0 Å². The highest BCUT2D eigenvalue weighted by molar-refractivity contribution is 6.00. The van der Waals surface area contributed by atoms with E-state index in [-0.39, 0.29) is 23.7 Å². The molecule has 1 heterocycles. The maximum Gasteiger partial charge on any atom is 0.270 e. The molecule has 1 unspecified atom stereocenters. The number of non-ortho nitro benzene ring substituents is 1. The van der Waals surface area contributed by atoms with Crippen molar-refractivity contribution in [2.45, 2.75) is 18.9 Å². The van der Waals surface area contributed by atoms with E-state index in [1.54, 1.807) is 7.05 Å². The SMILES string of the molecule is CNc1ccc([N+](=O)[O-])cc1C(=O)N1CCCC(O)C1. The Hall–Kier alpha value is -2.15. The van der Waals surface area contributed by atoms with Crippen molar-refractivity contribution < 1.29 is 14.8 Å². The van der Waals surface area contributed by atoms with Gasteiger partial charge >= 0.3 is 0 Å². The fourth-order valence-electron chi connectivity index (χ4n) is 2.35. The molecule has 7 heteroatoms. The summed E-state index contributed by atoms with van der Waals surface area (Å²) >= 11 is 0. The standard InChI is InChI=1S/C13H17N3O4/c1-14-12-5-4-9(16(19)20)7-11(12)13(18)15-6-2-3-10(17)8-15/h4-5,7,10,14,17H,2-3,6,8H2,1H3. The first-order chi connectivity index (χ1) is 9.52. The average Bonchev–Trinajstić information content (AvgIpc) is 2.45. The lowest BCUT2D eigenvalue weighted by Crippen LogP contribution is -2.42. The Bertz CT molecular complexity index is 532. The minimum atomic E-state index is -0.527. The van der Waals surface area contributed by atoms with Gasteiger partial charge in [0.05, 0.1) is 16.6 Å². The van der Waals surface area contributed by atoms with Gasteiger partial charge in [-0.1, -0.05) is 0 Å². The number of amides is 1. The second kappa shape index (κ2) is 5.87. The minimum Gasteiger partial charge on any atom is -0.391 e. The number of piperidine rings is 1. The van der Waals surface area contributed by atoms with Crippen molar-refractivity contribution in [2.24, 2.45) is 0 Å². The first-order valence-corrected chi connectivity index (χ1v) is 6.46. The number of nitro groups is 1. The largest absolute Gasteiger partial charge is 0.391 e. The first-order valence-electron chi connectivity index (χ1n) is 6.46. The second-order valence-corrected chi connectivity index (χ2v) is 4.78. The summed E-state index contributed by atoms with van der Waals surface area (Å²) < 4.78 is 0. The van der Waals surface area contributed by atoms with Crippen LogP contribution in [0.5, 0.6) is 0 Å². The number of nitrogens with zero attached hydrogens (tertiary/aromatic N) is 2. The van der Waals surface area contributed by atoms with E-state index in [0.29, 0.717) is 18.7 Å². The molecule has 1 amide bonds. The number of nitro benzene ring substituents is 1. The molecule has 1 saturated heterocycles. The lowest BCUT2D eigenvalue weighted by molar-refractivity contribution is -0.384. The minimum absolute atomic E-state index is 0.120. The summed E-state index contributed by atoms with van der Waals surface area (Å²) in [5, 5.41) is 23.3. The van der Waals surface area contributed by atoms with Gasteiger partial charge in [-0.05, 0) is 18.9 Å². The molecular formula is C13H17N3O4. The van der Waals surface area contributed by atoms with E-state index < -0.39 is 11.0 Å². The van der Waals surface area contributed by atoms with Crippen molar-refractivity contribution in [3.05, 3.63) is 33.9 Å². The Morgan fingerprint density at radius 2 is 2.30 bits per heavy atom. The number of β-amino-alcohol motifs (C(OH)–C–C–N with tert-alkyl or cyclic N) is 1. The Morgan fingerprint density at radius 3 is 2.90 bits per heavy atom. The van der Waals surface area contributed by atoms with Gasteiger partial charge in [0.2, 0.25) is 0 Å². The third-order valence-electron chi connectivity index (χ3n) is 3.40. The van der Waals surface area contributed by atoms with Gasteiger partial charge in [0.25, 0.3) is 11.6 Å². The zero-order valence-electron chi connectivity index (χ0n) is 11.2. The van der Waals surface area contributed by atoms with Gasteiger partial charge in [-0.3, -0.25) is 14.9 Å². The number of nitrogens with one attached hydrogen (secondary N) is 1. The Morgan fingerprint density at radius 1 is 1.55 bits per heavy atom. The van der Waals surface area contributed by atoms with Gasteiger partial charge in [-0.15, -0.1) is 0 Å². The smallest absolute Gasteiger partial charge is 0.270 e. The molecule has 0 radical (unpaired) electrons. The highest BCUT2D eigenvalue weighted by atomic mass is 16.6. The van der Waals surface area contributed by atoms with E-state index in [4.69, 9.17) is 0 Å². The summed E-state index contributed by atoms with van der Waals surface area (Å²) in [5.41, 5.74) is 0.682. The predicted molar refractivity (Wildman–Crippen MR) is 73.8 cm³/mol. The monoisotopic (exact) mass is 279 g/mol. The van der Waals surface area contributed by atoms with Crippen molar-refractivity contribution in [2.75, 3.05) is 25.5 Å². The van der Waals surface area contributed by atoms with Gasteiger partial charge in [0.15, 0.2) is 0 Å². The number of aliphatic hydroxyl groups excluding tert-OH is 1. The van der Waals surface area contributed by atoms with E-state index in [1.165, 1.54) is 23.1 Å². The van der Waals surface area contributed by atoms with Gasteiger partial charge in [0, 0.05) is 38.0 Å². The van der Waals surface area contributed by atoms with E-state index in [1.807, 2.05) is 0 Å². The number of hydrogen-bond acceptors (Lipinski definition) is 5. The van der Waals surface area contributed by atoms with E-state index in [0.717, 1.165) is 6.42 Å². The van der Waals surface area contributed by atoms with Crippen molar-refractivity contribution >= 4 is 17.3 Å². The highest BCUT2D eigenvalue weighted by Crippen LogP contribution is 2.24. The Labute approximate surface area is 116 Å². The number of benzene rings is 1. The molecule has 20 heavy (non-hydrogen) atoms. The lowest BCUT2D eigenvalue weighted by Gasteiger charge is -2.30. The molecule has 108 valence electrons. The number of carbonyl (C=O) groups is 1. The fraction of sp³-hybridized carbons (Fsp3) is 0.462. The summed E-state index contributed by atoms with van der Waals surface area (Å²) in [6.45, 7) is 0.826. The maximum absolute atomic E-state index is 12.5. The number of hydrogen-bond donors (Lipinski definition) is 2. The molecule has 0 spiro atoms. The average molecular weight is 279 g/mol. The van der Waals surface area contributed by atoms with Crippen LogP contribution < -0.4 is 5.32 Å². The third kappa shape index (κ3) is 2.88. The van der Waals surface area contributed by atoms with Crippen LogP contribution >= 0.6 is 0 Å². The summed E-state index contributed by atoms with van der Waals surface area (Å²) in [7, 11) is 1.66.